The van der Waals surface area contributed by atoms with Gasteiger partial charge in [0.25, 0.3) is 0 Å². The monoisotopic (exact) mass is 392 g/mol. The van der Waals surface area contributed by atoms with Gasteiger partial charge in [-0.3, -0.25) is 0 Å². The van der Waals surface area contributed by atoms with Crippen molar-refractivity contribution in [2.75, 3.05) is 19.0 Å². The van der Waals surface area contributed by atoms with Gasteiger partial charge in [-0.1, -0.05) is 23.4 Å². The Morgan fingerprint density at radius 1 is 1.21 bits per heavy atom. The van der Waals surface area contributed by atoms with Crippen LogP contribution < -0.4 is 10.1 Å². The SMILES string of the molecule is COc1cccc(-c2noc([C@@H]3CCCN3C(=O)Nc3cc(C)cc(C)c3)n2)c1. The standard InChI is InChI=1S/C22H24N4O3/c1-14-10-15(2)12-17(11-14)23-22(27)26-9-5-8-19(26)21-24-20(25-29-21)16-6-4-7-18(13-16)28-3/h4,6-7,10-13,19H,5,8-9H2,1-3H3,(H,23,27)/t19-/m0/s1. The minimum absolute atomic E-state index is 0.154. The van der Waals surface area contributed by atoms with Gasteiger partial charge in [-0.25, -0.2) is 4.79 Å². The van der Waals surface area contributed by atoms with Gasteiger partial charge >= 0.3 is 6.03 Å². The van der Waals surface area contributed by atoms with Crippen LogP contribution in [0.25, 0.3) is 11.4 Å². The second-order valence-corrected chi connectivity index (χ2v) is 7.35. The van der Waals surface area contributed by atoms with Crippen LogP contribution >= 0.6 is 0 Å². The lowest BCUT2D eigenvalue weighted by Gasteiger charge is -2.22. The molecule has 2 aromatic carbocycles. The van der Waals surface area contributed by atoms with E-state index >= 15 is 0 Å². The van der Waals surface area contributed by atoms with Crippen molar-refractivity contribution in [1.29, 1.82) is 0 Å². The number of aromatic nitrogens is 2. The van der Waals surface area contributed by atoms with Crippen LogP contribution in [0.2, 0.25) is 0 Å². The molecule has 7 heteroatoms. The van der Waals surface area contributed by atoms with Crippen molar-refractivity contribution < 1.29 is 14.1 Å². The number of urea groups is 1. The average molecular weight is 392 g/mol. The molecular formula is C22H24N4O3. The number of methoxy groups -OCH3 is 1. The lowest BCUT2D eigenvalue weighted by Crippen LogP contribution is -2.34. The Morgan fingerprint density at radius 2 is 2.00 bits per heavy atom. The predicted octanol–water partition coefficient (Wildman–Crippen LogP) is 4.73. The van der Waals surface area contributed by atoms with Crippen LogP contribution in [0, 0.1) is 13.8 Å². The molecule has 1 fully saturated rings. The molecule has 0 unspecified atom stereocenters. The molecule has 4 rings (SSSR count). The quantitative estimate of drug-likeness (QED) is 0.694. The van der Waals surface area contributed by atoms with Crippen LogP contribution in [0.3, 0.4) is 0 Å². The Morgan fingerprint density at radius 3 is 2.76 bits per heavy atom. The Balaban J connectivity index is 1.52. The zero-order chi connectivity index (χ0) is 20.4. The number of hydrogen-bond acceptors (Lipinski definition) is 5. The molecule has 2 amide bonds. The number of hydrogen-bond donors (Lipinski definition) is 1. The summed E-state index contributed by atoms with van der Waals surface area (Å²) in [5.74, 6) is 1.67. The van der Waals surface area contributed by atoms with Gasteiger partial charge in [-0.05, 0) is 62.1 Å². The van der Waals surface area contributed by atoms with E-state index in [1.807, 2.05) is 50.2 Å². The van der Waals surface area contributed by atoms with Crippen molar-refractivity contribution in [2.24, 2.45) is 0 Å². The third-order valence-corrected chi connectivity index (χ3v) is 5.04. The molecule has 0 aliphatic carbocycles. The van der Waals surface area contributed by atoms with E-state index in [4.69, 9.17) is 9.26 Å². The molecule has 3 aromatic rings. The van der Waals surface area contributed by atoms with E-state index in [9.17, 15) is 4.79 Å². The number of anilines is 1. The molecule has 2 heterocycles. The van der Waals surface area contributed by atoms with Crippen molar-refractivity contribution in [3.63, 3.8) is 0 Å². The molecule has 1 aliphatic heterocycles. The van der Waals surface area contributed by atoms with Gasteiger partial charge in [0.15, 0.2) is 0 Å². The van der Waals surface area contributed by atoms with E-state index in [-0.39, 0.29) is 12.1 Å². The van der Waals surface area contributed by atoms with E-state index in [1.54, 1.807) is 12.0 Å². The number of nitrogens with zero attached hydrogens (tertiary/aromatic N) is 3. The number of likely N-dealkylation sites (tertiary alicyclic amines) is 1. The average Bonchev–Trinajstić information content (AvgIpc) is 3.36. The first kappa shape index (κ1) is 19.0. The second-order valence-electron chi connectivity index (χ2n) is 7.35. The molecule has 1 atom stereocenters. The molecule has 29 heavy (non-hydrogen) atoms. The summed E-state index contributed by atoms with van der Waals surface area (Å²) in [6.45, 7) is 4.68. The van der Waals surface area contributed by atoms with Gasteiger partial charge < -0.3 is 19.5 Å². The van der Waals surface area contributed by atoms with Gasteiger partial charge in [-0.15, -0.1) is 0 Å². The number of carbonyl (C=O) groups is 1. The summed E-state index contributed by atoms with van der Waals surface area (Å²) in [4.78, 5) is 19.2. The van der Waals surface area contributed by atoms with Crippen molar-refractivity contribution in [2.45, 2.75) is 32.7 Å². The van der Waals surface area contributed by atoms with E-state index in [2.05, 4.69) is 21.5 Å². The summed E-state index contributed by atoms with van der Waals surface area (Å²) in [6, 6.07) is 13.1. The van der Waals surface area contributed by atoms with Gasteiger partial charge in [0.05, 0.1) is 7.11 Å². The third kappa shape index (κ3) is 4.08. The first-order valence-corrected chi connectivity index (χ1v) is 9.67. The summed E-state index contributed by atoms with van der Waals surface area (Å²) >= 11 is 0. The predicted molar refractivity (Wildman–Crippen MR) is 110 cm³/mol. The fourth-order valence-corrected chi connectivity index (χ4v) is 3.76. The van der Waals surface area contributed by atoms with Crippen LogP contribution in [0.15, 0.2) is 47.0 Å². The lowest BCUT2D eigenvalue weighted by atomic mass is 10.1. The number of benzene rings is 2. The number of ether oxygens (including phenoxy) is 1. The minimum atomic E-state index is -0.229. The maximum atomic E-state index is 12.9. The van der Waals surface area contributed by atoms with Crippen molar-refractivity contribution in [3.05, 3.63) is 59.5 Å². The molecule has 1 saturated heterocycles. The molecule has 150 valence electrons. The van der Waals surface area contributed by atoms with Gasteiger partial charge in [0.2, 0.25) is 11.7 Å². The van der Waals surface area contributed by atoms with Crippen LogP contribution in [0.1, 0.15) is 35.9 Å². The highest BCUT2D eigenvalue weighted by molar-refractivity contribution is 5.90. The highest BCUT2D eigenvalue weighted by Crippen LogP contribution is 2.33. The van der Waals surface area contributed by atoms with Crippen LogP contribution in [0.4, 0.5) is 10.5 Å². The van der Waals surface area contributed by atoms with E-state index < -0.39 is 0 Å². The molecular weight excluding hydrogens is 368 g/mol. The summed E-state index contributed by atoms with van der Waals surface area (Å²) in [7, 11) is 1.62. The maximum absolute atomic E-state index is 12.9. The normalized spacial score (nSPS) is 16.1. The third-order valence-electron chi connectivity index (χ3n) is 5.04. The van der Waals surface area contributed by atoms with Gasteiger partial charge in [-0.2, -0.15) is 4.98 Å². The Labute approximate surface area is 169 Å². The number of carbonyl (C=O) groups excluding carboxylic acids is 1. The van der Waals surface area contributed by atoms with E-state index in [1.165, 1.54) is 0 Å². The van der Waals surface area contributed by atoms with E-state index in [0.29, 0.717) is 18.3 Å². The fourth-order valence-electron chi connectivity index (χ4n) is 3.76. The summed E-state index contributed by atoms with van der Waals surface area (Å²) in [5.41, 5.74) is 3.82. The van der Waals surface area contributed by atoms with Crippen molar-refractivity contribution >= 4 is 11.7 Å². The van der Waals surface area contributed by atoms with Crippen molar-refractivity contribution in [1.82, 2.24) is 15.0 Å². The Bertz CT molecular complexity index is 1010. The van der Waals surface area contributed by atoms with Crippen LogP contribution in [-0.4, -0.2) is 34.7 Å². The maximum Gasteiger partial charge on any atom is 0.322 e. The molecule has 7 nitrogen and oxygen atoms in total. The number of nitrogens with one attached hydrogen (secondary N) is 1. The first-order valence-electron chi connectivity index (χ1n) is 9.67. The molecule has 0 bridgehead atoms. The van der Waals surface area contributed by atoms with Gasteiger partial charge in [0, 0.05) is 17.8 Å². The highest BCUT2D eigenvalue weighted by Gasteiger charge is 2.34. The largest absolute Gasteiger partial charge is 0.497 e. The highest BCUT2D eigenvalue weighted by atomic mass is 16.5. The second kappa shape index (κ2) is 7.95. The number of aryl methyl sites for hydroxylation is 2. The van der Waals surface area contributed by atoms with E-state index in [0.717, 1.165) is 41.0 Å². The molecule has 0 radical (unpaired) electrons. The fraction of sp³-hybridized carbons (Fsp3) is 0.318. The Kier molecular flexibility index (Phi) is 5.20. The summed E-state index contributed by atoms with van der Waals surface area (Å²) in [5, 5.41) is 7.11. The van der Waals surface area contributed by atoms with Crippen LogP contribution in [0.5, 0.6) is 5.75 Å². The zero-order valence-corrected chi connectivity index (χ0v) is 16.8. The van der Waals surface area contributed by atoms with Crippen molar-refractivity contribution in [3.8, 4) is 17.1 Å². The minimum Gasteiger partial charge on any atom is -0.497 e. The molecule has 1 N–H and O–H groups in total. The topological polar surface area (TPSA) is 80.5 Å². The van der Waals surface area contributed by atoms with Gasteiger partial charge in [0.1, 0.15) is 11.8 Å². The molecule has 0 spiro atoms. The zero-order valence-electron chi connectivity index (χ0n) is 16.8. The number of rotatable bonds is 4. The summed E-state index contributed by atoms with van der Waals surface area (Å²) < 4.78 is 10.8. The first-order chi connectivity index (χ1) is 14.0. The smallest absolute Gasteiger partial charge is 0.322 e. The van der Waals surface area contributed by atoms with Crippen LogP contribution in [-0.2, 0) is 0 Å². The molecule has 1 aromatic heterocycles. The molecule has 1 aliphatic rings. The molecule has 0 saturated carbocycles. The summed E-state index contributed by atoms with van der Waals surface area (Å²) in [6.07, 6.45) is 1.68. The lowest BCUT2D eigenvalue weighted by molar-refractivity contribution is 0.193. The number of amides is 2. The Hall–Kier alpha value is -3.35.